The van der Waals surface area contributed by atoms with Gasteiger partial charge in [0, 0.05) is 10.9 Å². The average molecular weight is 295 g/mol. The van der Waals surface area contributed by atoms with E-state index in [4.69, 9.17) is 17.3 Å². The maximum absolute atomic E-state index is 11.6. The maximum atomic E-state index is 11.6. The van der Waals surface area contributed by atoms with Gasteiger partial charge in [0.05, 0.1) is 5.56 Å². The van der Waals surface area contributed by atoms with Crippen LogP contribution < -0.4 is 11.1 Å². The van der Waals surface area contributed by atoms with Gasteiger partial charge in [-0.2, -0.15) is 0 Å². The van der Waals surface area contributed by atoms with E-state index in [1.54, 1.807) is 5.38 Å². The molecular weight excluding hydrogens is 284 g/mol. The summed E-state index contributed by atoms with van der Waals surface area (Å²) in [5.41, 5.74) is 7.30. The highest BCUT2D eigenvalue weighted by Crippen LogP contribution is 2.35. The number of carbonyl (C=O) groups is 2. The number of carbonyl (C=O) groups excluding carboxylic acids is 2. The number of nitrogens with one attached hydrogen (secondary N) is 1. The van der Waals surface area contributed by atoms with Crippen LogP contribution in [0.1, 0.15) is 10.4 Å². The molecule has 2 amide bonds. The van der Waals surface area contributed by atoms with Crippen LogP contribution in [-0.2, 0) is 4.79 Å². The molecule has 1 aromatic carbocycles. The van der Waals surface area contributed by atoms with Gasteiger partial charge in [0.1, 0.15) is 10.9 Å². The molecule has 0 bridgehead atoms. The molecule has 6 heteroatoms. The molecule has 2 aromatic rings. The van der Waals surface area contributed by atoms with E-state index in [1.807, 2.05) is 30.3 Å². The number of hydrogen-bond acceptors (Lipinski definition) is 3. The van der Waals surface area contributed by atoms with Crippen molar-refractivity contribution < 1.29 is 9.59 Å². The predicted octanol–water partition coefficient (Wildman–Crippen LogP) is 2.69. The summed E-state index contributed by atoms with van der Waals surface area (Å²) < 4.78 is 0. The summed E-state index contributed by atoms with van der Waals surface area (Å²) in [6.07, 6.45) is 0. The minimum atomic E-state index is -0.579. The number of benzene rings is 1. The van der Waals surface area contributed by atoms with Crippen LogP contribution in [0.2, 0.25) is 0 Å². The van der Waals surface area contributed by atoms with Gasteiger partial charge < -0.3 is 11.1 Å². The summed E-state index contributed by atoms with van der Waals surface area (Å²) in [6, 6.07) is 9.38. The molecule has 0 spiro atoms. The Labute approximate surface area is 119 Å². The highest BCUT2D eigenvalue weighted by molar-refractivity contribution is 7.15. The second kappa shape index (κ2) is 5.86. The van der Waals surface area contributed by atoms with Crippen LogP contribution in [0.5, 0.6) is 0 Å². The van der Waals surface area contributed by atoms with Crippen LogP contribution >= 0.6 is 22.9 Å². The van der Waals surface area contributed by atoms with Gasteiger partial charge in [-0.1, -0.05) is 30.3 Å². The van der Waals surface area contributed by atoms with Crippen molar-refractivity contribution in [1.29, 1.82) is 0 Å². The fraction of sp³-hybridized carbons (Fsp3) is 0.0769. The molecule has 0 aliphatic heterocycles. The second-order valence-corrected chi connectivity index (χ2v) is 4.91. The number of primary amides is 1. The fourth-order valence-corrected chi connectivity index (χ4v) is 2.74. The van der Waals surface area contributed by atoms with E-state index < -0.39 is 5.91 Å². The number of alkyl halides is 1. The molecule has 0 fully saturated rings. The molecule has 0 atom stereocenters. The van der Waals surface area contributed by atoms with Gasteiger partial charge in [0.25, 0.3) is 5.91 Å². The molecule has 0 saturated carbocycles. The number of amides is 2. The molecule has 0 radical (unpaired) electrons. The van der Waals surface area contributed by atoms with Crippen LogP contribution in [-0.4, -0.2) is 17.7 Å². The van der Waals surface area contributed by atoms with Gasteiger partial charge in [-0.05, 0) is 5.56 Å². The van der Waals surface area contributed by atoms with Gasteiger partial charge in [0.2, 0.25) is 5.91 Å². The monoisotopic (exact) mass is 294 g/mol. The molecule has 0 unspecified atom stereocenters. The smallest absolute Gasteiger partial charge is 0.252 e. The standard InChI is InChI=1S/C13H11ClN2O2S/c14-6-10(17)16-13-11(12(15)18)9(7-19-13)8-4-2-1-3-5-8/h1-5,7H,6H2,(H2,15,18)(H,16,17). The summed E-state index contributed by atoms with van der Waals surface area (Å²) in [6.45, 7) is 0. The molecule has 98 valence electrons. The van der Waals surface area contributed by atoms with Crippen molar-refractivity contribution >= 4 is 39.8 Å². The van der Waals surface area contributed by atoms with Crippen molar-refractivity contribution in [3.63, 3.8) is 0 Å². The highest BCUT2D eigenvalue weighted by Gasteiger charge is 2.19. The third-order valence-corrected chi connectivity index (χ3v) is 3.63. The van der Waals surface area contributed by atoms with E-state index in [0.717, 1.165) is 5.56 Å². The van der Waals surface area contributed by atoms with E-state index in [9.17, 15) is 9.59 Å². The first kappa shape index (κ1) is 13.6. The van der Waals surface area contributed by atoms with E-state index >= 15 is 0 Å². The molecule has 4 nitrogen and oxygen atoms in total. The summed E-state index contributed by atoms with van der Waals surface area (Å²) in [7, 11) is 0. The maximum Gasteiger partial charge on any atom is 0.252 e. The van der Waals surface area contributed by atoms with Gasteiger partial charge >= 0.3 is 0 Å². The Morgan fingerprint density at radius 3 is 2.53 bits per heavy atom. The van der Waals surface area contributed by atoms with Gasteiger partial charge in [0.15, 0.2) is 0 Å². The van der Waals surface area contributed by atoms with Crippen molar-refractivity contribution in [1.82, 2.24) is 0 Å². The minimum absolute atomic E-state index is 0.170. The van der Waals surface area contributed by atoms with E-state index in [0.29, 0.717) is 16.1 Å². The largest absolute Gasteiger partial charge is 0.365 e. The molecule has 3 N–H and O–H groups in total. The number of rotatable bonds is 4. The Balaban J connectivity index is 2.46. The van der Waals surface area contributed by atoms with Crippen molar-refractivity contribution in [3.8, 4) is 11.1 Å². The Morgan fingerprint density at radius 2 is 1.95 bits per heavy atom. The third kappa shape index (κ3) is 2.94. The molecule has 2 rings (SSSR count). The van der Waals surface area contributed by atoms with Crippen molar-refractivity contribution in [3.05, 3.63) is 41.3 Å². The third-order valence-electron chi connectivity index (χ3n) is 2.50. The lowest BCUT2D eigenvalue weighted by Crippen LogP contribution is -2.17. The topological polar surface area (TPSA) is 72.2 Å². The summed E-state index contributed by atoms with van der Waals surface area (Å²) in [5, 5.41) is 4.80. The van der Waals surface area contributed by atoms with Gasteiger partial charge in [-0.25, -0.2) is 0 Å². The molecular formula is C13H11ClN2O2S. The van der Waals surface area contributed by atoms with E-state index in [2.05, 4.69) is 5.32 Å². The van der Waals surface area contributed by atoms with Crippen LogP contribution in [0.25, 0.3) is 11.1 Å². The first-order chi connectivity index (χ1) is 9.13. The number of anilines is 1. The van der Waals surface area contributed by atoms with Crippen LogP contribution in [0.4, 0.5) is 5.00 Å². The lowest BCUT2D eigenvalue weighted by molar-refractivity contribution is -0.113. The van der Waals surface area contributed by atoms with E-state index in [-0.39, 0.29) is 11.8 Å². The van der Waals surface area contributed by atoms with Gasteiger partial charge in [-0.15, -0.1) is 22.9 Å². The van der Waals surface area contributed by atoms with Crippen LogP contribution in [0.15, 0.2) is 35.7 Å². The molecule has 1 heterocycles. The first-order valence-electron chi connectivity index (χ1n) is 5.46. The zero-order valence-electron chi connectivity index (χ0n) is 9.85. The summed E-state index contributed by atoms with van der Waals surface area (Å²) in [4.78, 5) is 22.9. The van der Waals surface area contributed by atoms with Crippen molar-refractivity contribution in [2.75, 3.05) is 11.2 Å². The second-order valence-electron chi connectivity index (χ2n) is 3.77. The first-order valence-corrected chi connectivity index (χ1v) is 6.87. The lowest BCUT2D eigenvalue weighted by atomic mass is 10.0. The Kier molecular flexibility index (Phi) is 4.19. The number of thiophene rings is 1. The minimum Gasteiger partial charge on any atom is -0.365 e. The summed E-state index contributed by atoms with van der Waals surface area (Å²) in [5.74, 6) is -1.12. The fourth-order valence-electron chi connectivity index (χ4n) is 1.68. The number of halogens is 1. The van der Waals surface area contributed by atoms with Crippen molar-refractivity contribution in [2.24, 2.45) is 5.73 Å². The van der Waals surface area contributed by atoms with E-state index in [1.165, 1.54) is 11.3 Å². The zero-order valence-corrected chi connectivity index (χ0v) is 11.4. The van der Waals surface area contributed by atoms with Crippen molar-refractivity contribution in [2.45, 2.75) is 0 Å². The molecule has 0 aliphatic carbocycles. The molecule has 19 heavy (non-hydrogen) atoms. The predicted molar refractivity (Wildman–Crippen MR) is 77.6 cm³/mol. The van der Waals surface area contributed by atoms with Crippen LogP contribution in [0.3, 0.4) is 0 Å². The number of nitrogens with two attached hydrogens (primary N) is 1. The SMILES string of the molecule is NC(=O)c1c(-c2ccccc2)csc1NC(=O)CCl. The lowest BCUT2D eigenvalue weighted by Gasteiger charge is -2.05. The van der Waals surface area contributed by atoms with Gasteiger partial charge in [-0.3, -0.25) is 9.59 Å². The Morgan fingerprint density at radius 1 is 1.26 bits per heavy atom. The Bertz CT molecular complexity index is 610. The average Bonchev–Trinajstić information content (AvgIpc) is 2.83. The quantitative estimate of drug-likeness (QED) is 0.851. The molecule has 0 saturated heterocycles. The number of hydrogen-bond donors (Lipinski definition) is 2. The zero-order chi connectivity index (χ0) is 13.8. The molecule has 0 aliphatic rings. The molecule has 1 aromatic heterocycles. The highest BCUT2D eigenvalue weighted by atomic mass is 35.5. The normalized spacial score (nSPS) is 10.2. The Hall–Kier alpha value is -1.85. The summed E-state index contributed by atoms with van der Waals surface area (Å²) >= 11 is 6.69. The van der Waals surface area contributed by atoms with Crippen LogP contribution in [0, 0.1) is 0 Å².